The van der Waals surface area contributed by atoms with Crippen molar-refractivity contribution in [3.05, 3.63) is 24.0 Å². The third-order valence-electron chi connectivity index (χ3n) is 1.79. The summed E-state index contributed by atoms with van der Waals surface area (Å²) in [6.45, 7) is 0.00773. The van der Waals surface area contributed by atoms with Crippen LogP contribution in [-0.4, -0.2) is 15.1 Å². The summed E-state index contributed by atoms with van der Waals surface area (Å²) in [4.78, 5) is 7.81. The summed E-state index contributed by atoms with van der Waals surface area (Å²) in [6.07, 6.45) is 1.62. The first-order chi connectivity index (χ1) is 5.81. The molecule has 2 N–H and O–H groups in total. The van der Waals surface area contributed by atoms with Crippen molar-refractivity contribution in [2.45, 2.75) is 11.5 Å². The highest BCUT2D eigenvalue weighted by Gasteiger charge is 2.01. The van der Waals surface area contributed by atoms with Crippen LogP contribution in [0.15, 0.2) is 23.4 Å². The number of aromatic amines is 1. The zero-order valence-corrected chi connectivity index (χ0v) is 7.18. The zero-order valence-electron chi connectivity index (χ0n) is 6.28. The molecule has 12 heavy (non-hydrogen) atoms. The van der Waals surface area contributed by atoms with E-state index < -0.39 is 0 Å². The number of hydrogen-bond acceptors (Lipinski definition) is 3. The van der Waals surface area contributed by atoms with Crippen LogP contribution < -0.4 is 0 Å². The molecule has 1 heterocycles. The van der Waals surface area contributed by atoms with Crippen LogP contribution in [0, 0.1) is 0 Å². The van der Waals surface area contributed by atoms with E-state index >= 15 is 0 Å². The summed E-state index contributed by atoms with van der Waals surface area (Å²) in [5.74, 6) is 0. The Morgan fingerprint density at radius 1 is 1.50 bits per heavy atom. The van der Waals surface area contributed by atoms with Gasteiger partial charge in [-0.05, 0) is 17.7 Å². The number of nitrogens with zero attached hydrogens (tertiary/aromatic N) is 1. The molecule has 0 bridgehead atoms. The molecule has 0 saturated carbocycles. The lowest BCUT2D eigenvalue weighted by atomic mass is 10.2. The van der Waals surface area contributed by atoms with Crippen LogP contribution in [0.3, 0.4) is 0 Å². The normalized spacial score (nSPS) is 10.8. The Bertz CT molecular complexity index is 410. The largest absolute Gasteiger partial charge is 0.392 e. The van der Waals surface area contributed by atoms with Crippen molar-refractivity contribution in [3.8, 4) is 0 Å². The Kier molecular flexibility index (Phi) is 1.78. The molecule has 0 aliphatic heterocycles. The van der Waals surface area contributed by atoms with Crippen molar-refractivity contribution in [2.75, 3.05) is 0 Å². The predicted molar refractivity (Wildman–Crippen MR) is 49.3 cm³/mol. The van der Waals surface area contributed by atoms with E-state index in [1.165, 1.54) is 0 Å². The lowest BCUT2D eigenvalue weighted by Crippen LogP contribution is -1.85. The van der Waals surface area contributed by atoms with E-state index in [0.29, 0.717) is 0 Å². The van der Waals surface area contributed by atoms with Gasteiger partial charge in [-0.2, -0.15) is 0 Å². The van der Waals surface area contributed by atoms with Crippen LogP contribution in [0.25, 0.3) is 11.0 Å². The number of hydrogen-bond donors (Lipinski definition) is 3. The first-order valence-electron chi connectivity index (χ1n) is 3.57. The van der Waals surface area contributed by atoms with Crippen LogP contribution in [0.1, 0.15) is 5.56 Å². The highest BCUT2D eigenvalue weighted by Crippen LogP contribution is 2.19. The molecule has 0 aliphatic rings. The summed E-state index contributed by atoms with van der Waals surface area (Å²) in [5.41, 5.74) is 2.61. The van der Waals surface area contributed by atoms with Crippen LogP contribution in [0.4, 0.5) is 0 Å². The van der Waals surface area contributed by atoms with Crippen LogP contribution in [0.5, 0.6) is 0 Å². The van der Waals surface area contributed by atoms with Gasteiger partial charge in [0.2, 0.25) is 0 Å². The molecule has 1 aromatic carbocycles. The van der Waals surface area contributed by atoms with Gasteiger partial charge in [0.25, 0.3) is 0 Å². The minimum Gasteiger partial charge on any atom is -0.392 e. The Morgan fingerprint density at radius 2 is 2.33 bits per heavy atom. The van der Waals surface area contributed by atoms with E-state index in [1.54, 1.807) is 6.33 Å². The fourth-order valence-corrected chi connectivity index (χ4v) is 1.40. The molecule has 0 atom stereocenters. The summed E-state index contributed by atoms with van der Waals surface area (Å²) >= 11 is 4.22. The quantitative estimate of drug-likeness (QED) is 0.580. The molecule has 62 valence electrons. The van der Waals surface area contributed by atoms with E-state index in [1.807, 2.05) is 12.1 Å². The zero-order chi connectivity index (χ0) is 8.55. The number of rotatable bonds is 1. The molecule has 2 rings (SSSR count). The lowest BCUT2D eigenvalue weighted by Gasteiger charge is -1.99. The predicted octanol–water partition coefficient (Wildman–Crippen LogP) is 1.34. The van der Waals surface area contributed by atoms with E-state index in [-0.39, 0.29) is 6.61 Å². The molecule has 1 aromatic heterocycles. The SMILES string of the molecule is OCc1cc2[nH]cnc2cc1S. The fourth-order valence-electron chi connectivity index (χ4n) is 1.14. The molecular weight excluding hydrogens is 172 g/mol. The van der Waals surface area contributed by atoms with E-state index in [4.69, 9.17) is 5.11 Å². The molecule has 2 aromatic rings. The Hall–Kier alpha value is -1.00. The third-order valence-corrected chi connectivity index (χ3v) is 2.21. The van der Waals surface area contributed by atoms with Crippen molar-refractivity contribution < 1.29 is 5.11 Å². The highest BCUT2D eigenvalue weighted by atomic mass is 32.1. The summed E-state index contributed by atoms with van der Waals surface area (Å²) in [6, 6.07) is 3.69. The van der Waals surface area contributed by atoms with Gasteiger partial charge < -0.3 is 10.1 Å². The molecule has 0 amide bonds. The van der Waals surface area contributed by atoms with Gasteiger partial charge in [-0.25, -0.2) is 4.98 Å². The van der Waals surface area contributed by atoms with Gasteiger partial charge in [0.1, 0.15) is 0 Å². The maximum Gasteiger partial charge on any atom is 0.0931 e. The number of aliphatic hydroxyl groups is 1. The number of fused-ring (bicyclic) bond motifs is 1. The molecule has 4 heteroatoms. The van der Waals surface area contributed by atoms with Gasteiger partial charge in [-0.15, -0.1) is 12.6 Å². The average molecular weight is 180 g/mol. The second-order valence-corrected chi connectivity index (χ2v) is 3.04. The molecule has 3 nitrogen and oxygen atoms in total. The number of thiol groups is 1. The minimum atomic E-state index is 0.00773. The maximum atomic E-state index is 8.93. The van der Waals surface area contributed by atoms with Gasteiger partial charge in [0.15, 0.2) is 0 Å². The second-order valence-electron chi connectivity index (χ2n) is 2.56. The van der Waals surface area contributed by atoms with Crippen LogP contribution >= 0.6 is 12.6 Å². The van der Waals surface area contributed by atoms with Gasteiger partial charge in [0, 0.05) is 4.90 Å². The van der Waals surface area contributed by atoms with Gasteiger partial charge in [0.05, 0.1) is 24.0 Å². The van der Waals surface area contributed by atoms with Gasteiger partial charge in [-0.1, -0.05) is 0 Å². The molecule has 0 unspecified atom stereocenters. The minimum absolute atomic E-state index is 0.00773. The monoisotopic (exact) mass is 180 g/mol. The standard InChI is InChI=1S/C8H8N2OS/c11-3-5-1-6-7(2-8(5)12)10-4-9-6/h1-2,4,11-12H,3H2,(H,9,10). The Labute approximate surface area is 74.9 Å². The average Bonchev–Trinajstić information content (AvgIpc) is 2.49. The van der Waals surface area contributed by atoms with Gasteiger partial charge >= 0.3 is 0 Å². The number of imidazole rings is 1. The molecule has 0 saturated heterocycles. The van der Waals surface area contributed by atoms with Gasteiger partial charge in [-0.3, -0.25) is 0 Å². The topological polar surface area (TPSA) is 48.9 Å². The molecule has 0 fully saturated rings. The number of benzene rings is 1. The van der Waals surface area contributed by atoms with E-state index in [2.05, 4.69) is 22.6 Å². The Balaban J connectivity index is 2.73. The van der Waals surface area contributed by atoms with Crippen LogP contribution in [0.2, 0.25) is 0 Å². The second kappa shape index (κ2) is 2.80. The van der Waals surface area contributed by atoms with Crippen LogP contribution in [-0.2, 0) is 6.61 Å². The van der Waals surface area contributed by atoms with E-state index in [0.717, 1.165) is 21.5 Å². The van der Waals surface area contributed by atoms with Crippen molar-refractivity contribution in [1.29, 1.82) is 0 Å². The maximum absolute atomic E-state index is 8.93. The molecular formula is C8H8N2OS. The number of aliphatic hydroxyl groups excluding tert-OH is 1. The molecule has 0 radical (unpaired) electrons. The Morgan fingerprint density at radius 3 is 3.08 bits per heavy atom. The number of H-pyrrole nitrogens is 1. The smallest absolute Gasteiger partial charge is 0.0931 e. The lowest BCUT2D eigenvalue weighted by molar-refractivity contribution is 0.279. The van der Waals surface area contributed by atoms with E-state index in [9.17, 15) is 0 Å². The van der Waals surface area contributed by atoms with Crippen molar-refractivity contribution in [2.24, 2.45) is 0 Å². The van der Waals surface area contributed by atoms with Crippen molar-refractivity contribution >= 4 is 23.7 Å². The number of aromatic nitrogens is 2. The summed E-state index contributed by atoms with van der Waals surface area (Å²) in [7, 11) is 0. The summed E-state index contributed by atoms with van der Waals surface area (Å²) < 4.78 is 0. The number of nitrogens with one attached hydrogen (secondary N) is 1. The third kappa shape index (κ3) is 1.09. The highest BCUT2D eigenvalue weighted by molar-refractivity contribution is 7.80. The molecule has 0 spiro atoms. The first-order valence-corrected chi connectivity index (χ1v) is 4.02. The van der Waals surface area contributed by atoms with Crippen molar-refractivity contribution in [3.63, 3.8) is 0 Å². The first kappa shape index (κ1) is 7.64. The van der Waals surface area contributed by atoms with Crippen molar-refractivity contribution in [1.82, 2.24) is 9.97 Å². The summed E-state index contributed by atoms with van der Waals surface area (Å²) in [5, 5.41) is 8.93. The molecule has 0 aliphatic carbocycles. The fraction of sp³-hybridized carbons (Fsp3) is 0.125.